The van der Waals surface area contributed by atoms with Crippen LogP contribution in [-0.2, 0) is 9.59 Å². The first kappa shape index (κ1) is 22.3. The zero-order valence-electron chi connectivity index (χ0n) is 18.2. The van der Waals surface area contributed by atoms with Crippen molar-refractivity contribution in [3.8, 4) is 5.75 Å². The van der Waals surface area contributed by atoms with Crippen LogP contribution < -0.4 is 15.0 Å². The molecule has 2 aliphatic heterocycles. The van der Waals surface area contributed by atoms with Crippen molar-refractivity contribution in [3.05, 3.63) is 46.7 Å². The number of methoxy groups -OCH3 is 1. The fourth-order valence-corrected chi connectivity index (χ4v) is 4.81. The highest BCUT2D eigenvalue weighted by atomic mass is 32.1. The highest BCUT2D eigenvalue weighted by molar-refractivity contribution is 7.08. The Bertz CT molecular complexity index is 957. The molecule has 2 fully saturated rings. The number of carbonyl (C=O) groups is 3. The molecular weight excluding hydrogens is 428 g/mol. The number of thiophene rings is 1. The lowest BCUT2D eigenvalue weighted by atomic mass is 10.1. The van der Waals surface area contributed by atoms with Gasteiger partial charge in [-0.3, -0.25) is 19.3 Å². The van der Waals surface area contributed by atoms with E-state index < -0.39 is 0 Å². The van der Waals surface area contributed by atoms with E-state index in [9.17, 15) is 14.4 Å². The van der Waals surface area contributed by atoms with Gasteiger partial charge in [0.1, 0.15) is 5.75 Å². The topological polar surface area (TPSA) is 82.2 Å². The monoisotopic (exact) mass is 456 g/mol. The quantitative estimate of drug-likeness (QED) is 0.686. The van der Waals surface area contributed by atoms with Crippen molar-refractivity contribution in [2.45, 2.75) is 6.42 Å². The van der Waals surface area contributed by atoms with Crippen molar-refractivity contribution in [1.29, 1.82) is 0 Å². The summed E-state index contributed by atoms with van der Waals surface area (Å²) in [4.78, 5) is 43.4. The van der Waals surface area contributed by atoms with E-state index in [4.69, 9.17) is 4.74 Å². The van der Waals surface area contributed by atoms with Gasteiger partial charge in [-0.15, -0.1) is 0 Å². The number of ether oxygens (including phenoxy) is 1. The van der Waals surface area contributed by atoms with E-state index in [-0.39, 0.29) is 30.1 Å². The standard InChI is InChI=1S/C23H28N4O4S/c1-31-20-4-2-3-19(14-20)27-15-18(13-21(27)28)23(30)26-10-8-25(9-11-26)7-6-24-22(29)17-5-12-32-16-17/h2-5,12,14,16,18H,6-11,13,15H2,1H3,(H,24,29). The molecule has 170 valence electrons. The number of nitrogens with one attached hydrogen (secondary N) is 1. The number of carbonyl (C=O) groups excluding carboxylic acids is 3. The van der Waals surface area contributed by atoms with Crippen LogP contribution in [0, 0.1) is 5.92 Å². The number of rotatable bonds is 7. The Kier molecular flexibility index (Phi) is 7.06. The van der Waals surface area contributed by atoms with Gasteiger partial charge in [-0.1, -0.05) is 6.07 Å². The summed E-state index contributed by atoms with van der Waals surface area (Å²) in [6, 6.07) is 9.18. The van der Waals surface area contributed by atoms with E-state index in [0.29, 0.717) is 37.5 Å². The summed E-state index contributed by atoms with van der Waals surface area (Å²) in [5.74, 6) is 0.343. The van der Waals surface area contributed by atoms with Gasteiger partial charge in [0.25, 0.3) is 5.91 Å². The number of piperazine rings is 1. The van der Waals surface area contributed by atoms with Crippen LogP contribution in [0.25, 0.3) is 0 Å². The summed E-state index contributed by atoms with van der Waals surface area (Å²) in [6.07, 6.45) is 0.241. The lowest BCUT2D eigenvalue weighted by molar-refractivity contribution is -0.137. The Hall–Kier alpha value is -2.91. The second kappa shape index (κ2) is 10.1. The summed E-state index contributed by atoms with van der Waals surface area (Å²) in [5, 5.41) is 6.66. The minimum absolute atomic E-state index is 0.0309. The van der Waals surface area contributed by atoms with Gasteiger partial charge >= 0.3 is 0 Å². The first-order valence-electron chi connectivity index (χ1n) is 10.8. The molecule has 1 N–H and O–H groups in total. The third kappa shape index (κ3) is 5.11. The lowest BCUT2D eigenvalue weighted by Crippen LogP contribution is -2.51. The largest absolute Gasteiger partial charge is 0.497 e. The number of hydrogen-bond acceptors (Lipinski definition) is 6. The second-order valence-electron chi connectivity index (χ2n) is 8.04. The molecule has 3 amide bonds. The predicted octanol–water partition coefficient (Wildman–Crippen LogP) is 1.68. The fourth-order valence-electron chi connectivity index (χ4n) is 4.17. The van der Waals surface area contributed by atoms with Crippen molar-refractivity contribution in [2.24, 2.45) is 5.92 Å². The molecule has 0 radical (unpaired) electrons. The molecule has 32 heavy (non-hydrogen) atoms. The van der Waals surface area contributed by atoms with Gasteiger partial charge in [0.2, 0.25) is 11.8 Å². The van der Waals surface area contributed by atoms with Crippen LogP contribution in [0.5, 0.6) is 5.75 Å². The molecule has 0 saturated carbocycles. The zero-order chi connectivity index (χ0) is 22.5. The van der Waals surface area contributed by atoms with Gasteiger partial charge in [-0.25, -0.2) is 0 Å². The Morgan fingerprint density at radius 3 is 2.72 bits per heavy atom. The third-order valence-corrected chi connectivity index (χ3v) is 6.70. The van der Waals surface area contributed by atoms with Crippen LogP contribution in [-0.4, -0.2) is 80.4 Å². The molecule has 1 aromatic carbocycles. The fraction of sp³-hybridized carbons (Fsp3) is 0.435. The first-order chi connectivity index (χ1) is 15.5. The average molecular weight is 457 g/mol. The van der Waals surface area contributed by atoms with E-state index in [2.05, 4.69) is 10.2 Å². The van der Waals surface area contributed by atoms with Crippen molar-refractivity contribution in [2.75, 3.05) is 57.8 Å². The van der Waals surface area contributed by atoms with Crippen molar-refractivity contribution in [1.82, 2.24) is 15.1 Å². The van der Waals surface area contributed by atoms with Crippen LogP contribution >= 0.6 is 11.3 Å². The Labute approximate surface area is 191 Å². The number of hydrogen-bond donors (Lipinski definition) is 1. The van der Waals surface area contributed by atoms with Crippen molar-refractivity contribution < 1.29 is 19.1 Å². The minimum atomic E-state index is -0.315. The maximum Gasteiger partial charge on any atom is 0.252 e. The molecular formula is C23H28N4O4S. The number of amides is 3. The summed E-state index contributed by atoms with van der Waals surface area (Å²) in [7, 11) is 1.59. The smallest absolute Gasteiger partial charge is 0.252 e. The summed E-state index contributed by atoms with van der Waals surface area (Å²) in [5.41, 5.74) is 1.46. The SMILES string of the molecule is COc1cccc(N2CC(C(=O)N3CCN(CCNC(=O)c4ccsc4)CC3)CC2=O)c1. The highest BCUT2D eigenvalue weighted by Crippen LogP contribution is 2.29. The Balaban J connectivity index is 1.23. The molecule has 0 bridgehead atoms. The van der Waals surface area contributed by atoms with Crippen molar-refractivity contribution in [3.63, 3.8) is 0 Å². The Morgan fingerprint density at radius 2 is 2.00 bits per heavy atom. The molecule has 4 rings (SSSR count). The van der Waals surface area contributed by atoms with Crippen LogP contribution in [0.2, 0.25) is 0 Å². The predicted molar refractivity (Wildman–Crippen MR) is 123 cm³/mol. The van der Waals surface area contributed by atoms with Crippen LogP contribution in [0.3, 0.4) is 0 Å². The molecule has 1 atom stereocenters. The minimum Gasteiger partial charge on any atom is -0.497 e. The van der Waals surface area contributed by atoms with Crippen molar-refractivity contribution >= 4 is 34.7 Å². The molecule has 0 spiro atoms. The molecule has 3 heterocycles. The molecule has 8 nitrogen and oxygen atoms in total. The van der Waals surface area contributed by atoms with Crippen LogP contribution in [0.1, 0.15) is 16.8 Å². The van der Waals surface area contributed by atoms with E-state index >= 15 is 0 Å². The van der Waals surface area contributed by atoms with E-state index in [0.717, 1.165) is 25.3 Å². The maximum absolute atomic E-state index is 13.0. The molecule has 2 saturated heterocycles. The maximum atomic E-state index is 13.0. The number of benzene rings is 1. The second-order valence-corrected chi connectivity index (χ2v) is 8.82. The zero-order valence-corrected chi connectivity index (χ0v) is 19.0. The number of anilines is 1. The third-order valence-electron chi connectivity index (χ3n) is 6.02. The lowest BCUT2D eigenvalue weighted by Gasteiger charge is -2.35. The van der Waals surface area contributed by atoms with E-state index in [1.54, 1.807) is 12.0 Å². The van der Waals surface area contributed by atoms with Gasteiger partial charge in [-0.2, -0.15) is 11.3 Å². The van der Waals surface area contributed by atoms with Gasteiger partial charge in [0.15, 0.2) is 0 Å². The molecule has 1 unspecified atom stereocenters. The normalized spacial score (nSPS) is 19.3. The molecule has 0 aliphatic carbocycles. The first-order valence-corrected chi connectivity index (χ1v) is 11.8. The Morgan fingerprint density at radius 1 is 1.19 bits per heavy atom. The van der Waals surface area contributed by atoms with Gasteiger partial charge in [0.05, 0.1) is 13.0 Å². The van der Waals surface area contributed by atoms with Gasteiger partial charge in [0, 0.05) is 74.9 Å². The van der Waals surface area contributed by atoms with E-state index in [1.807, 2.05) is 46.0 Å². The van der Waals surface area contributed by atoms with Crippen LogP contribution in [0.15, 0.2) is 41.1 Å². The van der Waals surface area contributed by atoms with Gasteiger partial charge in [-0.05, 0) is 23.6 Å². The highest BCUT2D eigenvalue weighted by Gasteiger charge is 2.38. The van der Waals surface area contributed by atoms with E-state index in [1.165, 1.54) is 11.3 Å². The molecule has 2 aliphatic rings. The molecule has 1 aromatic heterocycles. The van der Waals surface area contributed by atoms with Crippen LogP contribution in [0.4, 0.5) is 5.69 Å². The van der Waals surface area contributed by atoms with Gasteiger partial charge < -0.3 is 19.9 Å². The summed E-state index contributed by atoms with van der Waals surface area (Å²) < 4.78 is 5.25. The average Bonchev–Trinajstić information content (AvgIpc) is 3.49. The summed E-state index contributed by atoms with van der Waals surface area (Å²) >= 11 is 1.50. The molecule has 9 heteroatoms. The summed E-state index contributed by atoms with van der Waals surface area (Å²) in [6.45, 7) is 4.54. The number of nitrogens with zero attached hydrogens (tertiary/aromatic N) is 3. The molecule has 2 aromatic rings.